The zero-order valence-electron chi connectivity index (χ0n) is 10.2. The molecule has 3 heteroatoms. The molecule has 16 heavy (non-hydrogen) atoms. The minimum Gasteiger partial charge on any atom is -0.360 e. The molecule has 0 spiro atoms. The monoisotopic (exact) mass is 236 g/mol. The van der Waals surface area contributed by atoms with E-state index >= 15 is 0 Å². The highest BCUT2D eigenvalue weighted by Gasteiger charge is 2.01. The number of hydrogen-bond donors (Lipinski definition) is 2. The predicted molar refractivity (Wildman–Crippen MR) is 74.9 cm³/mol. The third kappa shape index (κ3) is 4.19. The minimum absolute atomic E-state index is 0.411. The topological polar surface area (TPSA) is 24.1 Å². The summed E-state index contributed by atoms with van der Waals surface area (Å²) in [7, 11) is 0. The highest BCUT2D eigenvalue weighted by atomic mass is 32.1. The van der Waals surface area contributed by atoms with Crippen LogP contribution >= 0.6 is 12.2 Å². The molecule has 1 rings (SSSR count). The first-order chi connectivity index (χ1) is 7.65. The summed E-state index contributed by atoms with van der Waals surface area (Å²) in [5.41, 5.74) is 2.37. The number of nitrogens with one attached hydrogen (secondary N) is 2. The second kappa shape index (κ2) is 6.48. The van der Waals surface area contributed by atoms with Crippen LogP contribution in [0.1, 0.15) is 32.8 Å². The van der Waals surface area contributed by atoms with E-state index in [1.165, 1.54) is 5.56 Å². The van der Waals surface area contributed by atoms with Crippen molar-refractivity contribution < 1.29 is 0 Å². The van der Waals surface area contributed by atoms with Crippen LogP contribution in [0.5, 0.6) is 0 Å². The first-order valence-electron chi connectivity index (χ1n) is 5.82. The lowest BCUT2D eigenvalue weighted by molar-refractivity contribution is 0.646. The Kier molecular flexibility index (Phi) is 5.26. The summed E-state index contributed by atoms with van der Waals surface area (Å²) in [6.07, 6.45) is 2.11. The minimum atomic E-state index is 0.411. The van der Waals surface area contributed by atoms with Crippen LogP contribution in [0.2, 0.25) is 0 Å². The van der Waals surface area contributed by atoms with Gasteiger partial charge in [0.25, 0.3) is 0 Å². The van der Waals surface area contributed by atoms with E-state index in [1.807, 2.05) is 12.1 Å². The van der Waals surface area contributed by atoms with Crippen molar-refractivity contribution in [1.82, 2.24) is 5.32 Å². The fourth-order valence-electron chi connectivity index (χ4n) is 1.36. The summed E-state index contributed by atoms with van der Waals surface area (Å²) in [5.74, 6) is 0. The average Bonchev–Trinajstić information content (AvgIpc) is 2.28. The Labute approximate surface area is 103 Å². The van der Waals surface area contributed by atoms with Crippen LogP contribution in [0.15, 0.2) is 24.3 Å². The molecule has 0 heterocycles. The van der Waals surface area contributed by atoms with E-state index in [1.54, 1.807) is 0 Å². The van der Waals surface area contributed by atoms with Gasteiger partial charge in [-0.1, -0.05) is 26.0 Å². The molecule has 0 aliphatic heterocycles. The Morgan fingerprint density at radius 3 is 2.75 bits per heavy atom. The van der Waals surface area contributed by atoms with E-state index in [2.05, 4.69) is 43.5 Å². The highest BCUT2D eigenvalue weighted by Crippen LogP contribution is 2.10. The molecule has 1 unspecified atom stereocenters. The lowest BCUT2D eigenvalue weighted by Crippen LogP contribution is -2.35. The molecule has 0 saturated heterocycles. The zero-order valence-corrected chi connectivity index (χ0v) is 11.0. The van der Waals surface area contributed by atoms with Gasteiger partial charge in [0.1, 0.15) is 0 Å². The van der Waals surface area contributed by atoms with E-state index in [-0.39, 0.29) is 0 Å². The fourth-order valence-corrected chi connectivity index (χ4v) is 1.68. The molecule has 2 N–H and O–H groups in total. The largest absolute Gasteiger partial charge is 0.360 e. The smallest absolute Gasteiger partial charge is 0.170 e. The maximum Gasteiger partial charge on any atom is 0.170 e. The van der Waals surface area contributed by atoms with Crippen molar-refractivity contribution in [3.63, 3.8) is 0 Å². The first kappa shape index (κ1) is 13.0. The van der Waals surface area contributed by atoms with Crippen LogP contribution in [0, 0.1) is 0 Å². The molecule has 0 aliphatic carbocycles. The van der Waals surface area contributed by atoms with Gasteiger partial charge in [0.05, 0.1) is 0 Å². The van der Waals surface area contributed by atoms with E-state index in [9.17, 15) is 0 Å². The normalized spacial score (nSPS) is 11.9. The molecule has 0 aliphatic rings. The Morgan fingerprint density at radius 2 is 2.12 bits per heavy atom. The Bertz CT molecular complexity index is 350. The number of hydrogen-bond acceptors (Lipinski definition) is 1. The number of benzene rings is 1. The number of aryl methyl sites for hydroxylation is 1. The molecule has 1 aromatic carbocycles. The number of thiocarbonyl (C=S) groups is 1. The van der Waals surface area contributed by atoms with Gasteiger partial charge in [-0.15, -0.1) is 0 Å². The van der Waals surface area contributed by atoms with Crippen molar-refractivity contribution in [2.75, 3.05) is 5.32 Å². The van der Waals surface area contributed by atoms with Crippen molar-refractivity contribution in [1.29, 1.82) is 0 Å². The third-order valence-corrected chi connectivity index (χ3v) is 2.80. The van der Waals surface area contributed by atoms with Crippen molar-refractivity contribution >= 4 is 23.0 Å². The van der Waals surface area contributed by atoms with Crippen LogP contribution in [0.3, 0.4) is 0 Å². The maximum atomic E-state index is 5.24. The Morgan fingerprint density at radius 1 is 1.38 bits per heavy atom. The second-order valence-corrected chi connectivity index (χ2v) is 4.37. The third-order valence-electron chi connectivity index (χ3n) is 2.58. The van der Waals surface area contributed by atoms with Crippen LogP contribution in [0.25, 0.3) is 0 Å². The first-order valence-corrected chi connectivity index (χ1v) is 6.23. The summed E-state index contributed by atoms with van der Waals surface area (Å²) in [4.78, 5) is 0. The van der Waals surface area contributed by atoms with Crippen LogP contribution < -0.4 is 10.6 Å². The van der Waals surface area contributed by atoms with Crippen molar-refractivity contribution in [3.8, 4) is 0 Å². The predicted octanol–water partition coefficient (Wildman–Crippen LogP) is 3.33. The van der Waals surface area contributed by atoms with Gasteiger partial charge in [-0.3, -0.25) is 0 Å². The van der Waals surface area contributed by atoms with Gasteiger partial charge in [0.2, 0.25) is 0 Å². The quantitative estimate of drug-likeness (QED) is 0.784. The van der Waals surface area contributed by atoms with E-state index in [0.717, 1.165) is 18.5 Å². The van der Waals surface area contributed by atoms with Gasteiger partial charge in [0.15, 0.2) is 5.11 Å². The van der Waals surface area contributed by atoms with E-state index < -0.39 is 0 Å². The van der Waals surface area contributed by atoms with Gasteiger partial charge in [-0.05, 0) is 49.7 Å². The van der Waals surface area contributed by atoms with E-state index in [0.29, 0.717) is 11.2 Å². The van der Waals surface area contributed by atoms with E-state index in [4.69, 9.17) is 12.2 Å². The molecule has 0 fully saturated rings. The molecule has 1 aromatic rings. The maximum absolute atomic E-state index is 5.24. The SMILES string of the molecule is CCc1cccc(NC(=S)NC(C)CC)c1. The van der Waals surface area contributed by atoms with Crippen molar-refractivity contribution in [2.45, 2.75) is 39.7 Å². The lowest BCUT2D eigenvalue weighted by atomic mass is 10.1. The lowest BCUT2D eigenvalue weighted by Gasteiger charge is -2.15. The van der Waals surface area contributed by atoms with Gasteiger partial charge in [-0.25, -0.2) is 0 Å². The number of anilines is 1. The second-order valence-electron chi connectivity index (χ2n) is 3.96. The molecular weight excluding hydrogens is 216 g/mol. The van der Waals surface area contributed by atoms with Crippen LogP contribution in [-0.2, 0) is 6.42 Å². The summed E-state index contributed by atoms with van der Waals surface area (Å²) in [6.45, 7) is 6.41. The molecule has 0 bridgehead atoms. The molecule has 1 atom stereocenters. The van der Waals surface area contributed by atoms with Crippen molar-refractivity contribution in [2.24, 2.45) is 0 Å². The Hall–Kier alpha value is -1.09. The van der Waals surface area contributed by atoms with Gasteiger partial charge < -0.3 is 10.6 Å². The summed E-state index contributed by atoms with van der Waals surface area (Å²) >= 11 is 5.24. The van der Waals surface area contributed by atoms with Crippen molar-refractivity contribution in [3.05, 3.63) is 29.8 Å². The molecule has 0 amide bonds. The average molecular weight is 236 g/mol. The fraction of sp³-hybridized carbons (Fsp3) is 0.462. The molecule has 0 aromatic heterocycles. The van der Waals surface area contributed by atoms with Gasteiger partial charge >= 0.3 is 0 Å². The van der Waals surface area contributed by atoms with Gasteiger partial charge in [-0.2, -0.15) is 0 Å². The molecule has 0 saturated carbocycles. The van der Waals surface area contributed by atoms with Gasteiger partial charge in [0, 0.05) is 11.7 Å². The summed E-state index contributed by atoms with van der Waals surface area (Å²) in [6, 6.07) is 8.74. The number of rotatable bonds is 4. The summed E-state index contributed by atoms with van der Waals surface area (Å²) in [5, 5.41) is 7.13. The molecule has 0 radical (unpaired) electrons. The zero-order chi connectivity index (χ0) is 12.0. The highest BCUT2D eigenvalue weighted by molar-refractivity contribution is 7.80. The Balaban J connectivity index is 2.55. The molecular formula is C13H20N2S. The van der Waals surface area contributed by atoms with Crippen LogP contribution in [0.4, 0.5) is 5.69 Å². The molecule has 2 nitrogen and oxygen atoms in total. The molecule has 88 valence electrons. The standard InChI is InChI=1S/C13H20N2S/c1-4-10(3)14-13(16)15-12-8-6-7-11(5-2)9-12/h6-10H,4-5H2,1-3H3,(H2,14,15,16). The summed E-state index contributed by atoms with van der Waals surface area (Å²) < 4.78 is 0. The van der Waals surface area contributed by atoms with Crippen LogP contribution in [-0.4, -0.2) is 11.2 Å².